The lowest BCUT2D eigenvalue weighted by Crippen LogP contribution is -2.21. The molecule has 1 aromatic carbocycles. The first-order valence-electron chi connectivity index (χ1n) is 10.9. The molecule has 3 aromatic heterocycles. The third kappa shape index (κ3) is 5.71. The van der Waals surface area contributed by atoms with E-state index in [1.54, 1.807) is 0 Å². The molecule has 4 rings (SSSR count). The molecule has 0 aliphatic heterocycles. The molecule has 1 atom stereocenters. The average molecular weight is 488 g/mol. The summed E-state index contributed by atoms with van der Waals surface area (Å²) in [6, 6.07) is 13.0. The van der Waals surface area contributed by atoms with Gasteiger partial charge in [-0.05, 0) is 51.0 Å². The predicted molar refractivity (Wildman–Crippen MR) is 127 cm³/mol. The molecule has 4 aromatic rings. The van der Waals surface area contributed by atoms with E-state index in [1.807, 2.05) is 24.0 Å². The monoisotopic (exact) mass is 487 g/mol. The molecule has 35 heavy (non-hydrogen) atoms. The Morgan fingerprint density at radius 2 is 1.77 bits per heavy atom. The number of halogens is 3. The molecule has 3 heterocycles. The molecule has 0 saturated heterocycles. The molecule has 7 nitrogen and oxygen atoms in total. The van der Waals surface area contributed by atoms with Crippen LogP contribution in [-0.4, -0.2) is 36.4 Å². The number of rotatable bonds is 5. The summed E-state index contributed by atoms with van der Waals surface area (Å²) in [5.41, 5.74) is 7.28. The summed E-state index contributed by atoms with van der Waals surface area (Å²) in [5, 5.41) is 12.1. The van der Waals surface area contributed by atoms with E-state index in [2.05, 4.69) is 84.1 Å². The number of imidazole rings is 1. The number of aryl methyl sites for hydroxylation is 3. The Kier molecular flexibility index (Phi) is 7.64. The minimum atomic E-state index is -5.08. The Bertz CT molecular complexity index is 1280. The summed E-state index contributed by atoms with van der Waals surface area (Å²) in [5.74, 6) is -1.86. The SMILES string of the molecule is Cc1ncn(-c2ccc(C(C)NCc3c(C)c4ccccc4n3C)cn2)c1C.O=C(O)C(F)(F)F. The van der Waals surface area contributed by atoms with Crippen molar-refractivity contribution in [1.82, 2.24) is 24.4 Å². The van der Waals surface area contributed by atoms with Gasteiger partial charge in [0.15, 0.2) is 0 Å². The van der Waals surface area contributed by atoms with Gasteiger partial charge < -0.3 is 15.0 Å². The molecule has 0 radical (unpaired) electrons. The highest BCUT2D eigenvalue weighted by atomic mass is 19.4. The number of carboxylic acid groups (broad SMARTS) is 1. The smallest absolute Gasteiger partial charge is 0.475 e. The first kappa shape index (κ1) is 26.0. The molecule has 0 saturated carbocycles. The molecule has 0 bridgehead atoms. The topological polar surface area (TPSA) is 85.0 Å². The Morgan fingerprint density at radius 3 is 2.29 bits per heavy atom. The van der Waals surface area contributed by atoms with Crippen LogP contribution in [0.3, 0.4) is 0 Å². The number of pyridine rings is 1. The van der Waals surface area contributed by atoms with Crippen molar-refractivity contribution in [2.75, 3.05) is 0 Å². The van der Waals surface area contributed by atoms with Crippen molar-refractivity contribution in [3.8, 4) is 5.82 Å². The predicted octanol–water partition coefficient (Wildman–Crippen LogP) is 5.17. The Labute approximate surface area is 201 Å². The normalized spacial score (nSPS) is 12.3. The maximum absolute atomic E-state index is 10.6. The van der Waals surface area contributed by atoms with Crippen LogP contribution in [0.25, 0.3) is 16.7 Å². The number of para-hydroxylation sites is 1. The maximum atomic E-state index is 10.6. The molecule has 186 valence electrons. The van der Waals surface area contributed by atoms with Gasteiger partial charge in [0.2, 0.25) is 0 Å². The van der Waals surface area contributed by atoms with Gasteiger partial charge in [0.1, 0.15) is 12.1 Å². The van der Waals surface area contributed by atoms with Crippen molar-refractivity contribution in [2.45, 2.75) is 46.5 Å². The zero-order valence-corrected chi connectivity index (χ0v) is 20.2. The van der Waals surface area contributed by atoms with E-state index in [-0.39, 0.29) is 6.04 Å². The van der Waals surface area contributed by atoms with Crippen molar-refractivity contribution in [3.63, 3.8) is 0 Å². The van der Waals surface area contributed by atoms with Crippen LogP contribution in [0.4, 0.5) is 13.2 Å². The molecule has 0 spiro atoms. The highest BCUT2D eigenvalue weighted by Gasteiger charge is 2.38. The second kappa shape index (κ2) is 10.3. The maximum Gasteiger partial charge on any atom is 0.490 e. The minimum absolute atomic E-state index is 0.213. The number of hydrogen-bond acceptors (Lipinski definition) is 4. The quantitative estimate of drug-likeness (QED) is 0.406. The zero-order valence-electron chi connectivity index (χ0n) is 20.2. The van der Waals surface area contributed by atoms with E-state index in [4.69, 9.17) is 9.90 Å². The van der Waals surface area contributed by atoms with Crippen LogP contribution in [0.1, 0.15) is 41.2 Å². The third-order valence-corrected chi connectivity index (χ3v) is 6.09. The summed E-state index contributed by atoms with van der Waals surface area (Å²) in [4.78, 5) is 17.9. The molecule has 10 heteroatoms. The van der Waals surface area contributed by atoms with Crippen LogP contribution in [0, 0.1) is 20.8 Å². The highest BCUT2D eigenvalue weighted by molar-refractivity contribution is 5.85. The van der Waals surface area contributed by atoms with Gasteiger partial charge in [-0.3, -0.25) is 4.57 Å². The van der Waals surface area contributed by atoms with E-state index < -0.39 is 12.1 Å². The number of nitrogens with zero attached hydrogens (tertiary/aromatic N) is 4. The van der Waals surface area contributed by atoms with E-state index in [9.17, 15) is 13.2 Å². The lowest BCUT2D eigenvalue weighted by Gasteiger charge is -2.16. The molecule has 0 aliphatic carbocycles. The largest absolute Gasteiger partial charge is 0.490 e. The Hall–Kier alpha value is -3.66. The Balaban J connectivity index is 0.000000429. The molecular formula is C25H28F3N5O2. The molecule has 1 unspecified atom stereocenters. The fourth-order valence-electron chi connectivity index (χ4n) is 3.78. The Morgan fingerprint density at radius 1 is 1.11 bits per heavy atom. The fraction of sp³-hybridized carbons (Fsp3) is 0.320. The number of hydrogen-bond donors (Lipinski definition) is 2. The van der Waals surface area contributed by atoms with Crippen molar-refractivity contribution in [3.05, 3.63) is 77.1 Å². The summed E-state index contributed by atoms with van der Waals surface area (Å²) in [6.07, 6.45) is -1.30. The summed E-state index contributed by atoms with van der Waals surface area (Å²) < 4.78 is 36.0. The first-order valence-corrected chi connectivity index (χ1v) is 10.9. The highest BCUT2D eigenvalue weighted by Crippen LogP contribution is 2.25. The lowest BCUT2D eigenvalue weighted by molar-refractivity contribution is -0.192. The second-order valence-electron chi connectivity index (χ2n) is 8.29. The van der Waals surface area contributed by atoms with Crippen LogP contribution in [0.2, 0.25) is 0 Å². The fourth-order valence-corrected chi connectivity index (χ4v) is 3.78. The number of benzene rings is 1. The van der Waals surface area contributed by atoms with Gasteiger partial charge in [-0.25, -0.2) is 14.8 Å². The molecule has 2 N–H and O–H groups in total. The number of carboxylic acids is 1. The molecule has 0 fully saturated rings. The van der Waals surface area contributed by atoms with Crippen LogP contribution in [0.15, 0.2) is 48.9 Å². The standard InChI is InChI=1S/C23H27N5.C2HF3O2/c1-15-20-8-6-7-9-21(20)27(5)22(15)13-24-17(3)19-10-11-23(25-12-19)28-14-26-16(2)18(28)4;3-2(4,5)1(6)7/h6-12,14,17,24H,13H2,1-5H3;(H,6,7). The lowest BCUT2D eigenvalue weighted by atomic mass is 10.1. The number of nitrogens with one attached hydrogen (secondary N) is 1. The van der Waals surface area contributed by atoms with Gasteiger partial charge in [-0.1, -0.05) is 24.3 Å². The van der Waals surface area contributed by atoms with E-state index in [1.165, 1.54) is 27.7 Å². The van der Waals surface area contributed by atoms with Gasteiger partial charge in [0.25, 0.3) is 0 Å². The van der Waals surface area contributed by atoms with E-state index in [0.717, 1.165) is 23.8 Å². The third-order valence-electron chi connectivity index (χ3n) is 6.09. The van der Waals surface area contributed by atoms with Gasteiger partial charge >= 0.3 is 12.1 Å². The number of alkyl halides is 3. The van der Waals surface area contributed by atoms with Gasteiger partial charge in [0.05, 0.1) is 5.69 Å². The molecular weight excluding hydrogens is 459 g/mol. The zero-order chi connectivity index (χ0) is 25.9. The average Bonchev–Trinajstić information content (AvgIpc) is 3.28. The molecule has 0 aliphatic rings. The summed E-state index contributed by atoms with van der Waals surface area (Å²) >= 11 is 0. The van der Waals surface area contributed by atoms with Crippen LogP contribution in [0.5, 0.6) is 0 Å². The van der Waals surface area contributed by atoms with Crippen molar-refractivity contribution < 1.29 is 23.1 Å². The summed E-state index contributed by atoms with van der Waals surface area (Å²) in [6.45, 7) is 9.28. The van der Waals surface area contributed by atoms with E-state index in [0.29, 0.717) is 0 Å². The van der Waals surface area contributed by atoms with Gasteiger partial charge in [-0.2, -0.15) is 13.2 Å². The number of aliphatic carboxylic acids is 1. The van der Waals surface area contributed by atoms with Crippen molar-refractivity contribution in [2.24, 2.45) is 7.05 Å². The van der Waals surface area contributed by atoms with Crippen molar-refractivity contribution in [1.29, 1.82) is 0 Å². The second-order valence-corrected chi connectivity index (χ2v) is 8.29. The minimum Gasteiger partial charge on any atom is -0.475 e. The van der Waals surface area contributed by atoms with E-state index >= 15 is 0 Å². The first-order chi connectivity index (χ1) is 16.4. The number of aromatic nitrogens is 4. The number of fused-ring (bicyclic) bond motifs is 1. The van der Waals surface area contributed by atoms with Crippen LogP contribution in [-0.2, 0) is 18.4 Å². The van der Waals surface area contributed by atoms with Crippen LogP contribution < -0.4 is 5.32 Å². The van der Waals surface area contributed by atoms with Crippen LogP contribution >= 0.6 is 0 Å². The van der Waals surface area contributed by atoms with Crippen molar-refractivity contribution >= 4 is 16.9 Å². The van der Waals surface area contributed by atoms with Gasteiger partial charge in [-0.15, -0.1) is 0 Å². The van der Waals surface area contributed by atoms with Gasteiger partial charge in [0, 0.05) is 48.1 Å². The number of carbonyl (C=O) groups is 1. The molecule has 0 amide bonds. The summed E-state index contributed by atoms with van der Waals surface area (Å²) in [7, 11) is 2.14.